The van der Waals surface area contributed by atoms with Gasteiger partial charge in [0, 0.05) is 58.9 Å². The van der Waals surface area contributed by atoms with Crippen LogP contribution in [0.4, 0.5) is 0 Å². The van der Waals surface area contributed by atoms with Crippen molar-refractivity contribution in [3.8, 4) is 0 Å². The summed E-state index contributed by atoms with van der Waals surface area (Å²) in [6.07, 6.45) is 4.94. The Morgan fingerprint density at radius 1 is 0.885 bits per heavy atom. The van der Waals surface area contributed by atoms with Gasteiger partial charge < -0.3 is 15.5 Å². The minimum absolute atomic E-state index is 0. The Hall–Kier alpha value is -0.860. The smallest absolute Gasteiger partial charge is 0.191 e. The summed E-state index contributed by atoms with van der Waals surface area (Å²) in [7, 11) is 0. The minimum Gasteiger partial charge on any atom is -0.370 e. The van der Waals surface area contributed by atoms with Gasteiger partial charge in [0.2, 0.25) is 0 Å². The lowest BCUT2D eigenvalue weighted by atomic mass is 10.1. The first kappa shape index (κ1) is 21.4. The van der Waals surface area contributed by atoms with Gasteiger partial charge in [-0.3, -0.25) is 9.89 Å². The lowest BCUT2D eigenvalue weighted by Crippen LogP contribution is -2.46. The molecule has 0 aliphatic carbocycles. The van der Waals surface area contributed by atoms with E-state index in [2.05, 4.69) is 50.0 Å². The largest absolute Gasteiger partial charge is 0.370 e. The second-order valence-corrected chi connectivity index (χ2v) is 7.24. The molecular weight excluding hydrogens is 437 g/mol. The molecule has 2 heterocycles. The van der Waals surface area contributed by atoms with E-state index in [1.165, 1.54) is 24.8 Å². The van der Waals surface area contributed by atoms with E-state index >= 15 is 0 Å². The third-order valence-electron chi connectivity index (χ3n) is 5.30. The van der Waals surface area contributed by atoms with Crippen molar-refractivity contribution in [3.05, 3.63) is 35.9 Å². The van der Waals surface area contributed by atoms with Gasteiger partial charge in [-0.15, -0.1) is 24.0 Å². The molecule has 0 radical (unpaired) electrons. The van der Waals surface area contributed by atoms with Crippen LogP contribution in [0.2, 0.25) is 0 Å². The number of likely N-dealkylation sites (tertiary alicyclic amines) is 1. The number of nitrogens with two attached hydrogens (primary N) is 1. The second kappa shape index (κ2) is 11.8. The molecule has 26 heavy (non-hydrogen) atoms. The summed E-state index contributed by atoms with van der Waals surface area (Å²) in [6, 6.07) is 10.8. The number of piperidine rings is 1. The van der Waals surface area contributed by atoms with E-state index in [-0.39, 0.29) is 24.0 Å². The molecule has 2 aliphatic rings. The summed E-state index contributed by atoms with van der Waals surface area (Å²) in [5, 5.41) is 0. The maximum Gasteiger partial charge on any atom is 0.191 e. The highest BCUT2D eigenvalue weighted by molar-refractivity contribution is 14.0. The van der Waals surface area contributed by atoms with Crippen LogP contribution < -0.4 is 5.73 Å². The van der Waals surface area contributed by atoms with Crippen molar-refractivity contribution in [1.82, 2.24) is 14.7 Å². The molecule has 2 aliphatic heterocycles. The molecule has 0 aromatic heterocycles. The molecule has 1 aromatic carbocycles. The van der Waals surface area contributed by atoms with Crippen LogP contribution in [-0.2, 0) is 6.54 Å². The first-order valence-corrected chi connectivity index (χ1v) is 9.85. The quantitative estimate of drug-likeness (QED) is 0.300. The molecule has 1 aromatic rings. The molecule has 5 nitrogen and oxygen atoms in total. The van der Waals surface area contributed by atoms with Gasteiger partial charge in [-0.05, 0) is 31.2 Å². The van der Waals surface area contributed by atoms with Crippen LogP contribution in [0.15, 0.2) is 35.3 Å². The zero-order valence-corrected chi connectivity index (χ0v) is 18.2. The maximum absolute atomic E-state index is 6.11. The molecular formula is C20H34IN5. The van der Waals surface area contributed by atoms with Crippen LogP contribution in [0.1, 0.15) is 31.2 Å². The lowest BCUT2D eigenvalue weighted by molar-refractivity contribution is 0.127. The first-order valence-electron chi connectivity index (χ1n) is 9.85. The highest BCUT2D eigenvalue weighted by atomic mass is 127. The Bertz CT molecular complexity index is 522. The second-order valence-electron chi connectivity index (χ2n) is 7.24. The molecule has 146 valence electrons. The Morgan fingerprint density at radius 3 is 2.23 bits per heavy atom. The number of guanidine groups is 1. The number of aliphatic imine (C=N–C) groups is 1. The van der Waals surface area contributed by atoms with Crippen molar-refractivity contribution in [2.45, 2.75) is 32.2 Å². The van der Waals surface area contributed by atoms with Crippen LogP contribution in [0.3, 0.4) is 0 Å². The molecule has 0 bridgehead atoms. The standard InChI is InChI=1S/C20H33N5.HI/c21-20(25-12-5-2-6-13-25)22-10-7-11-23-14-16-24(17-15-23)18-19-8-3-1-4-9-19;/h1,3-4,8-9H,2,5-7,10-18H2,(H2,21,22);1H. The van der Waals surface area contributed by atoms with E-state index in [1.807, 2.05) is 0 Å². The fourth-order valence-corrected chi connectivity index (χ4v) is 3.72. The summed E-state index contributed by atoms with van der Waals surface area (Å²) >= 11 is 0. The van der Waals surface area contributed by atoms with Gasteiger partial charge in [0.1, 0.15) is 0 Å². The van der Waals surface area contributed by atoms with E-state index in [0.29, 0.717) is 0 Å². The number of halogens is 1. The maximum atomic E-state index is 6.11. The minimum atomic E-state index is 0. The third kappa shape index (κ3) is 7.04. The molecule has 2 saturated heterocycles. The van der Waals surface area contributed by atoms with Crippen molar-refractivity contribution in [1.29, 1.82) is 0 Å². The monoisotopic (exact) mass is 471 g/mol. The molecule has 0 atom stereocenters. The first-order chi connectivity index (χ1) is 12.3. The number of benzene rings is 1. The number of rotatable bonds is 6. The molecule has 3 rings (SSSR count). The van der Waals surface area contributed by atoms with E-state index in [4.69, 9.17) is 5.73 Å². The van der Waals surface area contributed by atoms with Crippen LogP contribution in [0, 0.1) is 0 Å². The fourth-order valence-electron chi connectivity index (χ4n) is 3.72. The van der Waals surface area contributed by atoms with Crippen LogP contribution in [0.5, 0.6) is 0 Å². The summed E-state index contributed by atoms with van der Waals surface area (Å²) in [5.74, 6) is 0.757. The number of nitrogens with zero attached hydrogens (tertiary/aromatic N) is 4. The van der Waals surface area contributed by atoms with Crippen molar-refractivity contribution in [3.63, 3.8) is 0 Å². The summed E-state index contributed by atoms with van der Waals surface area (Å²) in [6.45, 7) is 9.88. The number of hydrogen-bond acceptors (Lipinski definition) is 3. The van der Waals surface area contributed by atoms with Gasteiger partial charge in [-0.2, -0.15) is 0 Å². The van der Waals surface area contributed by atoms with Crippen molar-refractivity contribution in [2.24, 2.45) is 10.7 Å². The van der Waals surface area contributed by atoms with E-state index in [1.54, 1.807) is 0 Å². The molecule has 2 N–H and O–H groups in total. The van der Waals surface area contributed by atoms with E-state index < -0.39 is 0 Å². The topological polar surface area (TPSA) is 48.1 Å². The number of piperazine rings is 1. The Kier molecular flexibility index (Phi) is 9.71. The summed E-state index contributed by atoms with van der Waals surface area (Å²) in [4.78, 5) is 11.9. The predicted molar refractivity (Wildman–Crippen MR) is 120 cm³/mol. The van der Waals surface area contributed by atoms with Gasteiger partial charge >= 0.3 is 0 Å². The van der Waals surface area contributed by atoms with Crippen molar-refractivity contribution < 1.29 is 0 Å². The third-order valence-corrected chi connectivity index (χ3v) is 5.30. The molecule has 6 heteroatoms. The van der Waals surface area contributed by atoms with Gasteiger partial charge in [0.25, 0.3) is 0 Å². The lowest BCUT2D eigenvalue weighted by Gasteiger charge is -2.34. The predicted octanol–water partition coefficient (Wildman–Crippen LogP) is 2.61. The highest BCUT2D eigenvalue weighted by Gasteiger charge is 2.16. The normalized spacial score (nSPS) is 20.0. The van der Waals surface area contributed by atoms with Gasteiger partial charge in [-0.25, -0.2) is 0 Å². The van der Waals surface area contributed by atoms with Gasteiger partial charge in [-0.1, -0.05) is 30.3 Å². The van der Waals surface area contributed by atoms with Crippen molar-refractivity contribution in [2.75, 3.05) is 52.4 Å². The summed E-state index contributed by atoms with van der Waals surface area (Å²) in [5.41, 5.74) is 7.53. The number of hydrogen-bond donors (Lipinski definition) is 1. The highest BCUT2D eigenvalue weighted by Crippen LogP contribution is 2.09. The fraction of sp³-hybridized carbons (Fsp3) is 0.650. The average Bonchev–Trinajstić information content (AvgIpc) is 2.68. The molecule has 0 saturated carbocycles. The molecule has 0 unspecified atom stereocenters. The molecule has 0 spiro atoms. The van der Waals surface area contributed by atoms with Crippen LogP contribution in [-0.4, -0.2) is 73.0 Å². The summed E-state index contributed by atoms with van der Waals surface area (Å²) < 4.78 is 0. The zero-order valence-electron chi connectivity index (χ0n) is 15.9. The van der Waals surface area contributed by atoms with E-state index in [9.17, 15) is 0 Å². The Balaban J connectivity index is 0.00000243. The van der Waals surface area contributed by atoms with E-state index in [0.717, 1.165) is 71.3 Å². The van der Waals surface area contributed by atoms with Crippen LogP contribution >= 0.6 is 24.0 Å². The molecule has 0 amide bonds. The molecule has 2 fully saturated rings. The Morgan fingerprint density at radius 2 is 1.54 bits per heavy atom. The van der Waals surface area contributed by atoms with Gasteiger partial charge in [0.05, 0.1) is 0 Å². The zero-order chi connectivity index (χ0) is 17.3. The average molecular weight is 471 g/mol. The van der Waals surface area contributed by atoms with Gasteiger partial charge in [0.15, 0.2) is 5.96 Å². The van der Waals surface area contributed by atoms with Crippen molar-refractivity contribution >= 4 is 29.9 Å². The van der Waals surface area contributed by atoms with Crippen LogP contribution in [0.25, 0.3) is 0 Å². The SMILES string of the molecule is I.NC(=NCCCN1CCN(Cc2ccccc2)CC1)N1CCCCC1. The Labute approximate surface area is 175 Å².